The zero-order valence-corrected chi connectivity index (χ0v) is 17.8. The van der Waals surface area contributed by atoms with Gasteiger partial charge in [0.15, 0.2) is 0 Å². The van der Waals surface area contributed by atoms with Gasteiger partial charge < -0.3 is 10.4 Å². The van der Waals surface area contributed by atoms with Crippen molar-refractivity contribution < 1.29 is 27.9 Å². The van der Waals surface area contributed by atoms with Gasteiger partial charge in [-0.05, 0) is 69.4 Å². The van der Waals surface area contributed by atoms with Crippen LogP contribution < -0.4 is 5.32 Å². The Morgan fingerprint density at radius 3 is 2.39 bits per heavy atom. The Kier molecular flexibility index (Phi) is 7.28. The molecule has 1 aromatic heterocycles. The number of aromatic nitrogens is 2. The number of carbonyl (C=O) groups is 2. The number of hydrogen-bond donors (Lipinski definition) is 2. The Morgan fingerprint density at radius 2 is 1.87 bits per heavy atom. The standard InChI is InChI=1S/C19H30N4O.C2HF3O2/c1-22-13-16(12-21-22)14-23-8-6-19(7-9-23)5-4-17(10-19)18(24)20-11-15-2-3-15;3-2(4,5)1(6)7/h12-13,15,17H,2-11,14H2,1H3,(H,20,24);(H,6,7). The number of likely N-dealkylation sites (tertiary alicyclic amines) is 1. The first-order chi connectivity index (χ1) is 14.6. The topological polar surface area (TPSA) is 87.5 Å². The minimum Gasteiger partial charge on any atom is -0.475 e. The summed E-state index contributed by atoms with van der Waals surface area (Å²) in [5, 5.41) is 14.6. The summed E-state index contributed by atoms with van der Waals surface area (Å²) in [6.45, 7) is 4.24. The summed E-state index contributed by atoms with van der Waals surface area (Å²) in [5.74, 6) is -1.38. The van der Waals surface area contributed by atoms with Crippen LogP contribution in [-0.2, 0) is 23.2 Å². The summed E-state index contributed by atoms with van der Waals surface area (Å²) in [6, 6.07) is 0. The predicted octanol–water partition coefficient (Wildman–Crippen LogP) is 2.96. The van der Waals surface area contributed by atoms with Gasteiger partial charge in [-0.3, -0.25) is 14.4 Å². The van der Waals surface area contributed by atoms with E-state index >= 15 is 0 Å². The van der Waals surface area contributed by atoms with Crippen LogP contribution in [0.25, 0.3) is 0 Å². The van der Waals surface area contributed by atoms with Crippen molar-refractivity contribution in [2.24, 2.45) is 24.3 Å². The van der Waals surface area contributed by atoms with Crippen LogP contribution >= 0.6 is 0 Å². The van der Waals surface area contributed by atoms with E-state index in [0.29, 0.717) is 11.3 Å². The molecule has 174 valence electrons. The molecule has 2 N–H and O–H groups in total. The predicted molar refractivity (Wildman–Crippen MR) is 107 cm³/mol. The maximum atomic E-state index is 12.4. The molecule has 31 heavy (non-hydrogen) atoms. The highest BCUT2D eigenvalue weighted by atomic mass is 19.4. The van der Waals surface area contributed by atoms with Crippen molar-refractivity contribution in [2.45, 2.75) is 57.7 Å². The van der Waals surface area contributed by atoms with Crippen LogP contribution in [0.3, 0.4) is 0 Å². The van der Waals surface area contributed by atoms with Crippen molar-refractivity contribution in [1.82, 2.24) is 20.0 Å². The molecule has 1 aliphatic heterocycles. The number of carboxylic acid groups (broad SMARTS) is 1. The average molecular weight is 444 g/mol. The molecule has 1 spiro atoms. The van der Waals surface area contributed by atoms with Gasteiger partial charge in [0.25, 0.3) is 0 Å². The van der Waals surface area contributed by atoms with Crippen molar-refractivity contribution >= 4 is 11.9 Å². The lowest BCUT2D eigenvalue weighted by molar-refractivity contribution is -0.192. The molecule has 1 atom stereocenters. The third kappa shape index (κ3) is 6.95. The number of halogens is 3. The first-order valence-corrected chi connectivity index (χ1v) is 10.8. The number of carboxylic acids is 1. The molecule has 10 heteroatoms. The van der Waals surface area contributed by atoms with Crippen molar-refractivity contribution in [3.05, 3.63) is 18.0 Å². The summed E-state index contributed by atoms with van der Waals surface area (Å²) in [5.41, 5.74) is 1.74. The van der Waals surface area contributed by atoms with Crippen LogP contribution in [0.4, 0.5) is 13.2 Å². The molecular weight excluding hydrogens is 413 g/mol. The minimum absolute atomic E-state index is 0.272. The zero-order valence-electron chi connectivity index (χ0n) is 17.8. The summed E-state index contributed by atoms with van der Waals surface area (Å²) in [6.07, 6.45) is 7.57. The molecule has 1 saturated heterocycles. The van der Waals surface area contributed by atoms with E-state index in [1.54, 1.807) is 0 Å². The summed E-state index contributed by atoms with van der Waals surface area (Å²) in [4.78, 5) is 23.8. The molecule has 2 heterocycles. The number of alkyl halides is 3. The lowest BCUT2D eigenvalue weighted by Crippen LogP contribution is -2.39. The Labute approximate surface area is 180 Å². The number of amides is 1. The third-order valence-corrected chi connectivity index (χ3v) is 6.66. The maximum Gasteiger partial charge on any atom is 0.490 e. The quantitative estimate of drug-likeness (QED) is 0.729. The first-order valence-electron chi connectivity index (χ1n) is 10.8. The van der Waals surface area contributed by atoms with Crippen LogP contribution in [0.15, 0.2) is 12.4 Å². The monoisotopic (exact) mass is 444 g/mol. The number of hydrogen-bond acceptors (Lipinski definition) is 4. The highest BCUT2D eigenvalue weighted by Gasteiger charge is 2.43. The van der Waals surface area contributed by atoms with E-state index in [1.807, 2.05) is 17.9 Å². The molecule has 0 radical (unpaired) electrons. The number of aliphatic carboxylic acids is 1. The number of carbonyl (C=O) groups excluding carboxylic acids is 1. The van der Waals surface area contributed by atoms with E-state index in [2.05, 4.69) is 21.5 Å². The fraction of sp³-hybridized carbons (Fsp3) is 0.762. The van der Waals surface area contributed by atoms with Crippen LogP contribution in [0.5, 0.6) is 0 Å². The lowest BCUT2D eigenvalue weighted by atomic mass is 9.76. The smallest absolute Gasteiger partial charge is 0.475 e. The van der Waals surface area contributed by atoms with E-state index in [0.717, 1.165) is 44.9 Å². The second-order valence-corrected chi connectivity index (χ2v) is 9.23. The third-order valence-electron chi connectivity index (χ3n) is 6.66. The second kappa shape index (κ2) is 9.58. The van der Waals surface area contributed by atoms with E-state index in [-0.39, 0.29) is 5.92 Å². The van der Waals surface area contributed by atoms with E-state index in [1.165, 1.54) is 37.7 Å². The SMILES string of the molecule is Cn1cc(CN2CCC3(CCC(C(=O)NCC4CC4)C3)CC2)cn1.O=C(O)C(F)(F)F. The molecule has 1 amide bonds. The van der Waals surface area contributed by atoms with Crippen LogP contribution in [-0.4, -0.2) is 57.5 Å². The number of piperidine rings is 1. The second-order valence-electron chi connectivity index (χ2n) is 9.23. The molecule has 2 aliphatic carbocycles. The van der Waals surface area contributed by atoms with E-state index < -0.39 is 12.1 Å². The van der Waals surface area contributed by atoms with Crippen molar-refractivity contribution in [2.75, 3.05) is 19.6 Å². The molecule has 3 fully saturated rings. The van der Waals surface area contributed by atoms with Gasteiger partial charge in [0.05, 0.1) is 6.20 Å². The number of rotatable bonds is 5. The van der Waals surface area contributed by atoms with Gasteiger partial charge in [0.1, 0.15) is 0 Å². The summed E-state index contributed by atoms with van der Waals surface area (Å²) < 4.78 is 33.6. The van der Waals surface area contributed by atoms with E-state index in [4.69, 9.17) is 9.90 Å². The summed E-state index contributed by atoms with van der Waals surface area (Å²) >= 11 is 0. The Hall–Kier alpha value is -2.10. The molecule has 0 bridgehead atoms. The van der Waals surface area contributed by atoms with Gasteiger partial charge >= 0.3 is 12.1 Å². The van der Waals surface area contributed by atoms with Gasteiger partial charge in [-0.25, -0.2) is 4.79 Å². The fourth-order valence-electron chi connectivity index (χ4n) is 4.59. The highest BCUT2D eigenvalue weighted by Crippen LogP contribution is 2.49. The molecule has 2 saturated carbocycles. The highest BCUT2D eigenvalue weighted by molar-refractivity contribution is 5.79. The molecule has 3 aliphatic rings. The molecule has 1 aromatic rings. The number of aryl methyl sites for hydroxylation is 1. The largest absolute Gasteiger partial charge is 0.490 e. The molecule has 1 unspecified atom stereocenters. The van der Waals surface area contributed by atoms with Crippen LogP contribution in [0, 0.1) is 17.3 Å². The fourth-order valence-corrected chi connectivity index (χ4v) is 4.59. The van der Waals surface area contributed by atoms with Gasteiger partial charge in [-0.15, -0.1) is 0 Å². The lowest BCUT2D eigenvalue weighted by Gasteiger charge is -2.39. The number of nitrogens with one attached hydrogen (secondary N) is 1. The Balaban J connectivity index is 0.000000339. The molecular formula is C21H31F3N4O3. The zero-order chi connectivity index (χ0) is 22.6. The number of nitrogens with zero attached hydrogens (tertiary/aromatic N) is 3. The van der Waals surface area contributed by atoms with Gasteiger partial charge in [0.2, 0.25) is 5.91 Å². The average Bonchev–Trinajstić information content (AvgIpc) is 3.31. The van der Waals surface area contributed by atoms with Gasteiger partial charge in [-0.1, -0.05) is 0 Å². The normalized spacial score (nSPS) is 23.3. The minimum atomic E-state index is -5.08. The molecule has 4 rings (SSSR count). The molecule has 0 aromatic carbocycles. The summed E-state index contributed by atoms with van der Waals surface area (Å²) in [7, 11) is 1.97. The Bertz CT molecular complexity index is 768. The molecule has 7 nitrogen and oxygen atoms in total. The Morgan fingerprint density at radius 1 is 1.23 bits per heavy atom. The van der Waals surface area contributed by atoms with Gasteiger partial charge in [0, 0.05) is 37.8 Å². The van der Waals surface area contributed by atoms with E-state index in [9.17, 15) is 18.0 Å². The van der Waals surface area contributed by atoms with Crippen molar-refractivity contribution in [3.8, 4) is 0 Å². The van der Waals surface area contributed by atoms with Crippen LogP contribution in [0.2, 0.25) is 0 Å². The van der Waals surface area contributed by atoms with Crippen LogP contribution in [0.1, 0.15) is 50.5 Å². The van der Waals surface area contributed by atoms with Crippen molar-refractivity contribution in [1.29, 1.82) is 0 Å². The van der Waals surface area contributed by atoms with Gasteiger partial charge in [-0.2, -0.15) is 18.3 Å². The van der Waals surface area contributed by atoms with Crippen molar-refractivity contribution in [3.63, 3.8) is 0 Å². The maximum absolute atomic E-state index is 12.4. The first kappa shape index (κ1) is 23.6.